The van der Waals surface area contributed by atoms with E-state index in [2.05, 4.69) is 31.6 Å². The Labute approximate surface area is 164 Å². The number of para-hydroxylation sites is 1. The molecule has 1 aliphatic heterocycles. The van der Waals surface area contributed by atoms with Crippen molar-refractivity contribution in [2.75, 3.05) is 11.4 Å². The number of nitrogens with one attached hydrogen (secondary N) is 2. The SMILES string of the molecule is CC(C)(C)c1ccc(C(=O)NNC(=O)c2ccccc2N2CCCC2=O)cc1. The molecule has 6 nitrogen and oxygen atoms in total. The number of anilines is 1. The van der Waals surface area contributed by atoms with Gasteiger partial charge in [-0.3, -0.25) is 25.2 Å². The van der Waals surface area contributed by atoms with E-state index < -0.39 is 11.8 Å². The Balaban J connectivity index is 1.68. The zero-order chi connectivity index (χ0) is 20.3. The second kappa shape index (κ2) is 7.84. The Morgan fingerprint density at radius 1 is 0.929 bits per heavy atom. The largest absolute Gasteiger partial charge is 0.312 e. The smallest absolute Gasteiger partial charge is 0.271 e. The lowest BCUT2D eigenvalue weighted by atomic mass is 9.87. The topological polar surface area (TPSA) is 78.5 Å². The van der Waals surface area contributed by atoms with Crippen molar-refractivity contribution in [1.29, 1.82) is 0 Å². The highest BCUT2D eigenvalue weighted by Gasteiger charge is 2.25. The van der Waals surface area contributed by atoms with Crippen molar-refractivity contribution in [3.63, 3.8) is 0 Å². The van der Waals surface area contributed by atoms with Crippen LogP contribution in [0.3, 0.4) is 0 Å². The van der Waals surface area contributed by atoms with E-state index in [0.29, 0.717) is 29.8 Å². The van der Waals surface area contributed by atoms with E-state index >= 15 is 0 Å². The number of carbonyl (C=O) groups excluding carboxylic acids is 3. The zero-order valence-corrected chi connectivity index (χ0v) is 16.4. The number of carbonyl (C=O) groups is 3. The van der Waals surface area contributed by atoms with Crippen molar-refractivity contribution in [1.82, 2.24) is 10.9 Å². The van der Waals surface area contributed by atoms with Crippen LogP contribution in [-0.4, -0.2) is 24.3 Å². The summed E-state index contributed by atoms with van der Waals surface area (Å²) < 4.78 is 0. The third kappa shape index (κ3) is 4.22. The minimum absolute atomic E-state index is 0.0000604. The van der Waals surface area contributed by atoms with Gasteiger partial charge in [-0.2, -0.15) is 0 Å². The summed E-state index contributed by atoms with van der Waals surface area (Å²) in [5.74, 6) is -0.860. The highest BCUT2D eigenvalue weighted by atomic mass is 16.2. The predicted octanol–water partition coefficient (Wildman–Crippen LogP) is 3.19. The minimum atomic E-state index is -0.463. The van der Waals surface area contributed by atoms with Crippen molar-refractivity contribution in [2.45, 2.75) is 39.0 Å². The van der Waals surface area contributed by atoms with Crippen molar-refractivity contribution < 1.29 is 14.4 Å². The molecule has 2 aromatic rings. The molecule has 0 atom stereocenters. The average Bonchev–Trinajstić information content (AvgIpc) is 3.11. The average molecular weight is 379 g/mol. The quantitative estimate of drug-likeness (QED) is 0.804. The molecule has 146 valence electrons. The Hall–Kier alpha value is -3.15. The molecule has 28 heavy (non-hydrogen) atoms. The van der Waals surface area contributed by atoms with Crippen LogP contribution in [0.5, 0.6) is 0 Å². The third-order valence-corrected chi connectivity index (χ3v) is 4.82. The van der Waals surface area contributed by atoms with Crippen LogP contribution in [0.4, 0.5) is 5.69 Å². The molecule has 0 spiro atoms. The van der Waals surface area contributed by atoms with Crippen LogP contribution in [0.15, 0.2) is 48.5 Å². The third-order valence-electron chi connectivity index (χ3n) is 4.82. The maximum Gasteiger partial charge on any atom is 0.271 e. The Bertz CT molecular complexity index is 898. The summed E-state index contributed by atoms with van der Waals surface area (Å²) in [5, 5.41) is 0. The monoisotopic (exact) mass is 379 g/mol. The van der Waals surface area contributed by atoms with E-state index in [0.717, 1.165) is 12.0 Å². The maximum absolute atomic E-state index is 12.6. The second-order valence-electron chi connectivity index (χ2n) is 7.90. The van der Waals surface area contributed by atoms with Crippen molar-refractivity contribution in [3.8, 4) is 0 Å². The Morgan fingerprint density at radius 2 is 1.57 bits per heavy atom. The molecule has 1 saturated heterocycles. The molecule has 6 heteroatoms. The summed E-state index contributed by atoms with van der Waals surface area (Å²) in [6.07, 6.45) is 1.26. The first-order valence-electron chi connectivity index (χ1n) is 9.38. The standard InChI is InChI=1S/C22H25N3O3/c1-22(2,3)16-12-10-15(11-13-16)20(27)23-24-21(28)17-7-4-5-8-18(17)25-14-6-9-19(25)26/h4-5,7-8,10-13H,6,9,14H2,1-3H3,(H,23,27)(H,24,28). The van der Waals surface area contributed by atoms with Crippen molar-refractivity contribution >= 4 is 23.4 Å². The fraction of sp³-hybridized carbons (Fsp3) is 0.318. The number of rotatable bonds is 3. The predicted molar refractivity (Wildman–Crippen MR) is 108 cm³/mol. The first-order chi connectivity index (χ1) is 13.3. The van der Waals surface area contributed by atoms with Gasteiger partial charge in [-0.25, -0.2) is 0 Å². The fourth-order valence-electron chi connectivity index (χ4n) is 3.18. The maximum atomic E-state index is 12.6. The molecule has 2 aromatic carbocycles. The molecule has 0 aromatic heterocycles. The normalized spacial score (nSPS) is 14.1. The molecular formula is C22H25N3O3. The zero-order valence-electron chi connectivity index (χ0n) is 16.4. The van der Waals surface area contributed by atoms with Gasteiger partial charge in [-0.15, -0.1) is 0 Å². The van der Waals surface area contributed by atoms with Gasteiger partial charge in [0, 0.05) is 18.5 Å². The van der Waals surface area contributed by atoms with Gasteiger partial charge in [0.2, 0.25) is 5.91 Å². The van der Waals surface area contributed by atoms with E-state index in [-0.39, 0.29) is 11.3 Å². The lowest BCUT2D eigenvalue weighted by Crippen LogP contribution is -2.42. The van der Waals surface area contributed by atoms with Gasteiger partial charge < -0.3 is 4.90 Å². The summed E-state index contributed by atoms with van der Waals surface area (Å²) in [7, 11) is 0. The van der Waals surface area contributed by atoms with E-state index in [1.54, 1.807) is 41.3 Å². The van der Waals surface area contributed by atoms with Gasteiger partial charge in [-0.1, -0.05) is 45.0 Å². The molecule has 0 unspecified atom stereocenters. The Morgan fingerprint density at radius 3 is 2.18 bits per heavy atom. The van der Waals surface area contributed by atoms with E-state index in [1.165, 1.54) is 0 Å². The molecule has 3 amide bonds. The second-order valence-corrected chi connectivity index (χ2v) is 7.90. The van der Waals surface area contributed by atoms with Crippen LogP contribution < -0.4 is 15.8 Å². The van der Waals surface area contributed by atoms with E-state index in [4.69, 9.17) is 0 Å². The van der Waals surface area contributed by atoms with Crippen LogP contribution in [-0.2, 0) is 10.2 Å². The number of hydrogen-bond donors (Lipinski definition) is 2. The minimum Gasteiger partial charge on any atom is -0.312 e. The number of hydrazine groups is 1. The lowest BCUT2D eigenvalue weighted by molar-refractivity contribution is -0.117. The number of hydrogen-bond acceptors (Lipinski definition) is 3. The van der Waals surface area contributed by atoms with Crippen molar-refractivity contribution in [2.24, 2.45) is 0 Å². The number of amides is 3. The highest BCUT2D eigenvalue weighted by Crippen LogP contribution is 2.25. The van der Waals surface area contributed by atoms with Crippen LogP contribution >= 0.6 is 0 Å². The molecule has 1 heterocycles. The van der Waals surface area contributed by atoms with E-state index in [9.17, 15) is 14.4 Å². The van der Waals surface area contributed by atoms with Crippen LogP contribution in [0.1, 0.15) is 59.9 Å². The molecule has 3 rings (SSSR count). The van der Waals surface area contributed by atoms with Crippen LogP contribution in [0.25, 0.3) is 0 Å². The van der Waals surface area contributed by atoms with Crippen LogP contribution in [0.2, 0.25) is 0 Å². The van der Waals surface area contributed by atoms with E-state index in [1.807, 2.05) is 12.1 Å². The molecule has 0 aliphatic carbocycles. The molecular weight excluding hydrogens is 354 g/mol. The first kappa shape index (κ1) is 19.6. The van der Waals surface area contributed by atoms with Crippen molar-refractivity contribution in [3.05, 3.63) is 65.2 Å². The van der Waals surface area contributed by atoms with Gasteiger partial charge in [0.25, 0.3) is 11.8 Å². The summed E-state index contributed by atoms with van der Waals surface area (Å²) in [4.78, 5) is 38.6. The van der Waals surface area contributed by atoms with Gasteiger partial charge in [-0.05, 0) is 41.7 Å². The van der Waals surface area contributed by atoms with Crippen LogP contribution in [0, 0.1) is 0 Å². The fourth-order valence-corrected chi connectivity index (χ4v) is 3.18. The van der Waals surface area contributed by atoms with Gasteiger partial charge >= 0.3 is 0 Å². The number of benzene rings is 2. The van der Waals surface area contributed by atoms with Gasteiger partial charge in [0.05, 0.1) is 11.3 Å². The first-order valence-corrected chi connectivity index (χ1v) is 9.38. The molecule has 0 radical (unpaired) electrons. The molecule has 0 bridgehead atoms. The van der Waals surface area contributed by atoms with Gasteiger partial charge in [0.1, 0.15) is 0 Å². The lowest BCUT2D eigenvalue weighted by Gasteiger charge is -2.20. The number of nitrogens with zero attached hydrogens (tertiary/aromatic N) is 1. The summed E-state index contributed by atoms with van der Waals surface area (Å²) in [6.45, 7) is 6.90. The molecule has 1 aliphatic rings. The highest BCUT2D eigenvalue weighted by molar-refractivity contribution is 6.06. The molecule has 2 N–H and O–H groups in total. The van der Waals surface area contributed by atoms with Gasteiger partial charge in [0.15, 0.2) is 0 Å². The summed E-state index contributed by atoms with van der Waals surface area (Å²) in [5.41, 5.74) is 7.37. The molecule has 0 saturated carbocycles. The summed E-state index contributed by atoms with van der Waals surface area (Å²) >= 11 is 0. The molecule has 1 fully saturated rings. The Kier molecular flexibility index (Phi) is 5.49. The summed E-state index contributed by atoms with van der Waals surface area (Å²) in [6, 6.07) is 14.2.